The van der Waals surface area contributed by atoms with E-state index in [1.807, 2.05) is 30.3 Å². The third kappa shape index (κ3) is 3.97. The van der Waals surface area contributed by atoms with Crippen LogP contribution in [0.4, 0.5) is 0 Å². The highest BCUT2D eigenvalue weighted by molar-refractivity contribution is 7.99. The van der Waals surface area contributed by atoms with Gasteiger partial charge in [-0.3, -0.25) is 14.2 Å². The molecule has 0 saturated carbocycles. The summed E-state index contributed by atoms with van der Waals surface area (Å²) < 4.78 is 1.54. The van der Waals surface area contributed by atoms with Crippen molar-refractivity contribution in [2.45, 2.75) is 23.7 Å². The lowest BCUT2D eigenvalue weighted by Gasteiger charge is -2.34. The minimum absolute atomic E-state index is 0.0787. The molecule has 0 amide bonds. The van der Waals surface area contributed by atoms with Gasteiger partial charge < -0.3 is 5.73 Å². The Hall–Kier alpha value is -3.66. The Kier molecular flexibility index (Phi) is 6.19. The number of allylic oxidation sites excluding steroid dienone is 1. The molecule has 0 bridgehead atoms. The maximum absolute atomic E-state index is 13.6. The zero-order valence-electron chi connectivity index (χ0n) is 18.1. The molecule has 33 heavy (non-hydrogen) atoms. The lowest BCUT2D eigenvalue weighted by molar-refractivity contribution is 0.103. The van der Waals surface area contributed by atoms with Gasteiger partial charge in [0.2, 0.25) is 0 Å². The molecule has 164 valence electrons. The third-order valence-electron chi connectivity index (χ3n) is 5.70. The Morgan fingerprint density at radius 1 is 1.24 bits per heavy atom. The van der Waals surface area contributed by atoms with E-state index in [1.54, 1.807) is 30.4 Å². The Morgan fingerprint density at radius 2 is 2.00 bits per heavy atom. The lowest BCUT2D eigenvalue weighted by Crippen LogP contribution is -2.46. The van der Waals surface area contributed by atoms with Gasteiger partial charge in [0.1, 0.15) is 0 Å². The van der Waals surface area contributed by atoms with Crippen LogP contribution in [0.2, 0.25) is 0 Å². The van der Waals surface area contributed by atoms with Crippen LogP contribution >= 0.6 is 11.8 Å². The maximum Gasteiger partial charge on any atom is 0.260 e. The molecule has 0 spiro atoms. The molecule has 1 heterocycles. The van der Waals surface area contributed by atoms with Gasteiger partial charge in [-0.25, -0.2) is 4.98 Å². The van der Waals surface area contributed by atoms with Gasteiger partial charge in [-0.1, -0.05) is 72.3 Å². The minimum atomic E-state index is -1.13. The molecule has 3 aromatic rings. The number of carbonyl (C=O) groups excluding carboxylic acids is 1. The van der Waals surface area contributed by atoms with Crippen molar-refractivity contribution in [2.75, 3.05) is 5.75 Å². The van der Waals surface area contributed by atoms with Crippen LogP contribution in [-0.2, 0) is 18.5 Å². The quantitative estimate of drug-likeness (QED) is 0.193. The third-order valence-corrected chi connectivity index (χ3v) is 6.58. The van der Waals surface area contributed by atoms with Crippen LogP contribution in [0.1, 0.15) is 27.0 Å². The molecule has 0 fully saturated rings. The van der Waals surface area contributed by atoms with Crippen LogP contribution in [0, 0.1) is 12.3 Å². The molecule has 0 aliphatic heterocycles. The number of terminal acetylenes is 1. The number of hydrogen-bond donors (Lipinski definition) is 1. The molecule has 1 atom stereocenters. The van der Waals surface area contributed by atoms with E-state index in [-0.39, 0.29) is 17.9 Å². The number of nitrogens with zero attached hydrogens (tertiary/aromatic N) is 2. The number of hydrogen-bond acceptors (Lipinski definition) is 5. The van der Waals surface area contributed by atoms with Crippen molar-refractivity contribution >= 4 is 17.5 Å². The van der Waals surface area contributed by atoms with Crippen molar-refractivity contribution in [2.24, 2.45) is 5.73 Å². The normalized spacial score (nSPS) is 16.2. The number of nitrogens with two attached hydrogens (primary N) is 1. The van der Waals surface area contributed by atoms with Crippen molar-refractivity contribution in [1.82, 2.24) is 9.55 Å². The first-order chi connectivity index (χ1) is 15.9. The highest BCUT2D eigenvalue weighted by atomic mass is 32.2. The number of carbonyl (C=O) groups is 1. The van der Waals surface area contributed by atoms with E-state index in [9.17, 15) is 9.59 Å². The number of fused-ring (bicyclic) bond motifs is 3. The zero-order chi connectivity index (χ0) is 23.6. The summed E-state index contributed by atoms with van der Waals surface area (Å²) in [5.41, 5.74) is 9.02. The molecule has 2 aromatic carbocycles. The van der Waals surface area contributed by atoms with Crippen LogP contribution < -0.4 is 11.3 Å². The van der Waals surface area contributed by atoms with Gasteiger partial charge in [-0.15, -0.1) is 19.6 Å². The van der Waals surface area contributed by atoms with Crippen molar-refractivity contribution in [3.05, 3.63) is 106 Å². The van der Waals surface area contributed by atoms with Gasteiger partial charge in [0.15, 0.2) is 10.9 Å². The number of thioether (sulfide) groups is 1. The van der Waals surface area contributed by atoms with Crippen LogP contribution in [-0.4, -0.2) is 21.1 Å². The van der Waals surface area contributed by atoms with E-state index in [4.69, 9.17) is 17.1 Å². The summed E-state index contributed by atoms with van der Waals surface area (Å²) in [6.45, 7) is 7.94. The fraction of sp³-hybridized carbons (Fsp3) is 0.148. The number of benzene rings is 2. The second kappa shape index (κ2) is 9.07. The number of ketones is 1. The van der Waals surface area contributed by atoms with E-state index in [0.29, 0.717) is 39.7 Å². The molecule has 1 aliphatic rings. The molecule has 1 aromatic heterocycles. The van der Waals surface area contributed by atoms with E-state index in [0.717, 1.165) is 11.1 Å². The smallest absolute Gasteiger partial charge is 0.260 e. The predicted octanol–water partition coefficient (Wildman–Crippen LogP) is 3.95. The van der Waals surface area contributed by atoms with Gasteiger partial charge in [0, 0.05) is 23.2 Å². The molecule has 4 rings (SSSR count). The van der Waals surface area contributed by atoms with Crippen molar-refractivity contribution in [3.63, 3.8) is 0 Å². The van der Waals surface area contributed by atoms with Crippen LogP contribution in [0.25, 0.3) is 11.3 Å². The van der Waals surface area contributed by atoms with Crippen molar-refractivity contribution in [1.29, 1.82) is 0 Å². The highest BCUT2D eigenvalue weighted by Crippen LogP contribution is 2.40. The summed E-state index contributed by atoms with van der Waals surface area (Å²) in [7, 11) is 0. The van der Waals surface area contributed by atoms with E-state index >= 15 is 0 Å². The summed E-state index contributed by atoms with van der Waals surface area (Å²) in [6.07, 6.45) is 8.99. The largest absolute Gasteiger partial charge is 0.318 e. The molecule has 0 saturated heterocycles. The average Bonchev–Trinajstić information content (AvgIpc) is 2.84. The minimum Gasteiger partial charge on any atom is -0.318 e. The standard InChI is InChI=1S/C27H23N3O2S/c1-4-14-30-25(32)22-23(29-26(30)33-15-5-2)21-13-12-19(16-20(21)17-27(22,28)6-3)24(31)18-10-8-7-9-11-18/h2,4,6-13,16H,1,3,14-15,17,28H2. The van der Waals surface area contributed by atoms with Gasteiger partial charge in [-0.2, -0.15) is 0 Å². The second-order valence-corrected chi connectivity index (χ2v) is 8.75. The molecule has 1 aliphatic carbocycles. The average molecular weight is 454 g/mol. The number of rotatable bonds is 7. The highest BCUT2D eigenvalue weighted by Gasteiger charge is 2.38. The van der Waals surface area contributed by atoms with Crippen LogP contribution in [0.3, 0.4) is 0 Å². The summed E-state index contributed by atoms with van der Waals surface area (Å²) >= 11 is 1.31. The molecular formula is C27H23N3O2S. The van der Waals surface area contributed by atoms with E-state index in [2.05, 4.69) is 19.1 Å². The van der Waals surface area contributed by atoms with Crippen LogP contribution in [0.15, 0.2) is 83.8 Å². The fourth-order valence-electron chi connectivity index (χ4n) is 4.10. The van der Waals surface area contributed by atoms with E-state index in [1.165, 1.54) is 16.3 Å². The Morgan fingerprint density at radius 3 is 2.67 bits per heavy atom. The Balaban J connectivity index is 1.92. The topological polar surface area (TPSA) is 78.0 Å². The Bertz CT molecular complexity index is 1370. The first-order valence-electron chi connectivity index (χ1n) is 10.4. The first-order valence-corrected chi connectivity index (χ1v) is 11.4. The molecule has 5 nitrogen and oxygen atoms in total. The first kappa shape index (κ1) is 22.5. The second-order valence-electron chi connectivity index (χ2n) is 7.80. The molecule has 6 heteroatoms. The van der Waals surface area contributed by atoms with Crippen LogP contribution in [0.5, 0.6) is 0 Å². The Labute approximate surface area is 197 Å². The summed E-state index contributed by atoms with van der Waals surface area (Å²) in [5, 5.41) is 0.500. The summed E-state index contributed by atoms with van der Waals surface area (Å²) in [4.78, 5) is 31.4. The van der Waals surface area contributed by atoms with Crippen molar-refractivity contribution < 1.29 is 4.79 Å². The summed E-state index contributed by atoms with van der Waals surface area (Å²) in [5.74, 6) is 2.86. The maximum atomic E-state index is 13.6. The molecule has 0 radical (unpaired) electrons. The number of aromatic nitrogens is 2. The molecule has 1 unspecified atom stereocenters. The van der Waals surface area contributed by atoms with Crippen molar-refractivity contribution in [3.8, 4) is 23.6 Å². The van der Waals surface area contributed by atoms with Gasteiger partial charge in [-0.05, 0) is 18.1 Å². The SMILES string of the molecule is C#CCSc1nc2c(c(=O)n1CC=C)C(N)(C=C)Cc1cc(C(=O)c3ccccc3)ccc1-2. The van der Waals surface area contributed by atoms with Gasteiger partial charge >= 0.3 is 0 Å². The van der Waals surface area contributed by atoms with Gasteiger partial charge in [0.25, 0.3) is 5.56 Å². The molecular weight excluding hydrogens is 430 g/mol. The monoisotopic (exact) mass is 453 g/mol. The fourth-order valence-corrected chi connectivity index (χ4v) is 4.78. The van der Waals surface area contributed by atoms with E-state index < -0.39 is 5.54 Å². The van der Waals surface area contributed by atoms with Gasteiger partial charge in [0.05, 0.1) is 22.5 Å². The predicted molar refractivity (Wildman–Crippen MR) is 133 cm³/mol. The molecule has 2 N–H and O–H groups in total. The summed E-state index contributed by atoms with van der Waals surface area (Å²) in [6, 6.07) is 14.5. The zero-order valence-corrected chi connectivity index (χ0v) is 18.9. The lowest BCUT2D eigenvalue weighted by atomic mass is 9.76.